The second-order valence-electron chi connectivity index (χ2n) is 5.94. The molecule has 2 amide bonds. The van der Waals surface area contributed by atoms with Gasteiger partial charge in [-0.1, -0.05) is 23.7 Å². The van der Waals surface area contributed by atoms with Crippen molar-refractivity contribution >= 4 is 29.1 Å². The molecule has 0 radical (unpaired) electrons. The SMILES string of the molecule is COc1ccc(C(=O)NN=C(C)CC(=O)NCc2ccc(Cl)cc2)cc1OC. The number of halogens is 1. The third-order valence-corrected chi connectivity index (χ3v) is 4.07. The third kappa shape index (κ3) is 6.28. The Balaban J connectivity index is 1.86. The van der Waals surface area contributed by atoms with Gasteiger partial charge in [0.2, 0.25) is 5.91 Å². The summed E-state index contributed by atoms with van der Waals surface area (Å²) in [6.45, 7) is 2.05. The first-order chi connectivity index (χ1) is 13.4. The van der Waals surface area contributed by atoms with E-state index in [1.807, 2.05) is 12.1 Å². The zero-order chi connectivity index (χ0) is 20.5. The van der Waals surface area contributed by atoms with Crippen LogP contribution in [0.5, 0.6) is 11.5 Å². The van der Waals surface area contributed by atoms with Crippen LogP contribution < -0.4 is 20.2 Å². The number of carbonyl (C=O) groups excluding carboxylic acids is 2. The van der Waals surface area contributed by atoms with E-state index in [2.05, 4.69) is 15.8 Å². The lowest BCUT2D eigenvalue weighted by Gasteiger charge is -2.09. The van der Waals surface area contributed by atoms with Crippen molar-refractivity contribution in [3.05, 3.63) is 58.6 Å². The number of ether oxygens (including phenoxy) is 2. The van der Waals surface area contributed by atoms with Crippen molar-refractivity contribution in [2.45, 2.75) is 19.9 Å². The van der Waals surface area contributed by atoms with Crippen LogP contribution in [0.4, 0.5) is 0 Å². The lowest BCUT2D eigenvalue weighted by Crippen LogP contribution is -2.26. The molecule has 28 heavy (non-hydrogen) atoms. The van der Waals surface area contributed by atoms with Crippen molar-refractivity contribution in [3.63, 3.8) is 0 Å². The number of amides is 2. The van der Waals surface area contributed by atoms with Crippen LogP contribution in [0.2, 0.25) is 5.02 Å². The van der Waals surface area contributed by atoms with E-state index in [0.29, 0.717) is 34.3 Å². The van der Waals surface area contributed by atoms with Crippen LogP contribution in [-0.4, -0.2) is 31.7 Å². The monoisotopic (exact) mass is 403 g/mol. The Morgan fingerprint density at radius 2 is 1.71 bits per heavy atom. The average molecular weight is 404 g/mol. The van der Waals surface area contributed by atoms with E-state index in [0.717, 1.165) is 5.56 Å². The fourth-order valence-corrected chi connectivity index (χ4v) is 2.45. The normalized spacial score (nSPS) is 10.9. The quantitative estimate of drug-likeness (QED) is 0.523. The molecule has 148 valence electrons. The topological polar surface area (TPSA) is 89.0 Å². The molecular weight excluding hydrogens is 382 g/mol. The maximum atomic E-state index is 12.2. The van der Waals surface area contributed by atoms with Crippen LogP contribution in [0, 0.1) is 0 Å². The zero-order valence-electron chi connectivity index (χ0n) is 15.9. The zero-order valence-corrected chi connectivity index (χ0v) is 16.7. The van der Waals surface area contributed by atoms with Crippen LogP contribution in [0.25, 0.3) is 0 Å². The third-order valence-electron chi connectivity index (χ3n) is 3.81. The van der Waals surface area contributed by atoms with Gasteiger partial charge in [-0.3, -0.25) is 9.59 Å². The summed E-state index contributed by atoms with van der Waals surface area (Å²) in [5, 5.41) is 7.40. The molecule has 2 rings (SSSR count). The molecule has 0 bridgehead atoms. The molecule has 0 aliphatic heterocycles. The molecule has 2 aromatic rings. The lowest BCUT2D eigenvalue weighted by molar-refractivity contribution is -0.120. The second kappa shape index (κ2) is 10.3. The van der Waals surface area contributed by atoms with Crippen molar-refractivity contribution in [2.24, 2.45) is 5.10 Å². The Morgan fingerprint density at radius 1 is 1.04 bits per heavy atom. The fourth-order valence-electron chi connectivity index (χ4n) is 2.33. The summed E-state index contributed by atoms with van der Waals surface area (Å²) in [7, 11) is 3.01. The Bertz CT molecular complexity index is 866. The molecule has 0 heterocycles. The summed E-state index contributed by atoms with van der Waals surface area (Å²) in [6, 6.07) is 12.0. The molecule has 0 fully saturated rings. The molecule has 0 aromatic heterocycles. The Labute approximate surface area is 168 Å². The van der Waals surface area contributed by atoms with E-state index in [4.69, 9.17) is 21.1 Å². The maximum absolute atomic E-state index is 12.2. The van der Waals surface area contributed by atoms with Gasteiger partial charge in [0.25, 0.3) is 5.91 Å². The van der Waals surface area contributed by atoms with Crippen LogP contribution in [-0.2, 0) is 11.3 Å². The first kappa shape index (κ1) is 21.2. The summed E-state index contributed by atoms with van der Waals surface area (Å²) in [5.41, 5.74) is 4.21. The molecule has 7 nitrogen and oxygen atoms in total. The number of hydrogen-bond acceptors (Lipinski definition) is 5. The Morgan fingerprint density at radius 3 is 2.36 bits per heavy atom. The highest BCUT2D eigenvalue weighted by molar-refractivity contribution is 6.30. The number of methoxy groups -OCH3 is 2. The number of hydrogen-bond donors (Lipinski definition) is 2. The Hall–Kier alpha value is -3.06. The van der Waals surface area contributed by atoms with Gasteiger partial charge in [-0.2, -0.15) is 5.10 Å². The van der Waals surface area contributed by atoms with E-state index in [9.17, 15) is 9.59 Å². The largest absolute Gasteiger partial charge is 0.493 e. The standard InChI is InChI=1S/C20H22ClN3O4/c1-13(10-19(25)22-12-14-4-7-16(21)8-5-14)23-24-20(26)15-6-9-17(27-2)18(11-15)28-3/h4-9,11H,10,12H2,1-3H3,(H,22,25)(H,24,26). The van der Waals surface area contributed by atoms with E-state index in [1.54, 1.807) is 37.3 Å². The number of hydrazone groups is 1. The van der Waals surface area contributed by atoms with Crippen molar-refractivity contribution in [1.82, 2.24) is 10.7 Å². The van der Waals surface area contributed by atoms with Crippen LogP contribution in [0.1, 0.15) is 29.3 Å². The van der Waals surface area contributed by atoms with Gasteiger partial charge in [0.05, 0.1) is 20.6 Å². The van der Waals surface area contributed by atoms with Gasteiger partial charge in [0.1, 0.15) is 0 Å². The molecule has 0 aliphatic rings. The lowest BCUT2D eigenvalue weighted by atomic mass is 10.2. The van der Waals surface area contributed by atoms with Crippen LogP contribution in [0.15, 0.2) is 47.6 Å². The molecule has 8 heteroatoms. The average Bonchev–Trinajstić information content (AvgIpc) is 2.71. The first-order valence-electron chi connectivity index (χ1n) is 8.49. The van der Waals surface area contributed by atoms with Gasteiger partial charge >= 0.3 is 0 Å². The number of rotatable bonds is 8. The van der Waals surface area contributed by atoms with E-state index < -0.39 is 5.91 Å². The minimum absolute atomic E-state index is 0.0692. The van der Waals surface area contributed by atoms with Gasteiger partial charge < -0.3 is 14.8 Å². The predicted molar refractivity (Wildman–Crippen MR) is 108 cm³/mol. The maximum Gasteiger partial charge on any atom is 0.271 e. The molecule has 2 N–H and O–H groups in total. The second-order valence-corrected chi connectivity index (χ2v) is 6.37. The summed E-state index contributed by atoms with van der Waals surface area (Å²) < 4.78 is 10.3. The molecule has 0 spiro atoms. The van der Waals surface area contributed by atoms with Gasteiger partial charge in [0.15, 0.2) is 11.5 Å². The van der Waals surface area contributed by atoms with Crippen LogP contribution in [0.3, 0.4) is 0 Å². The smallest absolute Gasteiger partial charge is 0.271 e. The summed E-state index contributed by atoms with van der Waals surface area (Å²) in [4.78, 5) is 24.2. The van der Waals surface area contributed by atoms with E-state index in [1.165, 1.54) is 14.2 Å². The first-order valence-corrected chi connectivity index (χ1v) is 8.87. The highest BCUT2D eigenvalue weighted by atomic mass is 35.5. The van der Waals surface area contributed by atoms with Gasteiger partial charge in [-0.15, -0.1) is 0 Å². The molecule has 2 aromatic carbocycles. The van der Waals surface area contributed by atoms with Gasteiger partial charge in [-0.25, -0.2) is 5.43 Å². The van der Waals surface area contributed by atoms with Gasteiger partial charge in [0, 0.05) is 22.8 Å². The van der Waals surface area contributed by atoms with Crippen molar-refractivity contribution in [1.29, 1.82) is 0 Å². The van der Waals surface area contributed by atoms with Gasteiger partial charge in [-0.05, 0) is 42.8 Å². The Kier molecular flexibility index (Phi) is 7.83. The number of carbonyl (C=O) groups is 2. The van der Waals surface area contributed by atoms with Crippen molar-refractivity contribution in [2.75, 3.05) is 14.2 Å². The fraction of sp³-hybridized carbons (Fsp3) is 0.250. The summed E-state index contributed by atoms with van der Waals surface area (Å²) in [6.07, 6.45) is 0.0692. The van der Waals surface area contributed by atoms with Crippen LogP contribution >= 0.6 is 11.6 Å². The number of nitrogens with one attached hydrogen (secondary N) is 2. The number of benzene rings is 2. The minimum atomic E-state index is -0.415. The highest BCUT2D eigenvalue weighted by Gasteiger charge is 2.11. The molecule has 0 saturated carbocycles. The predicted octanol–water partition coefficient (Wildman–Crippen LogP) is 3.17. The molecule has 0 saturated heterocycles. The minimum Gasteiger partial charge on any atom is -0.493 e. The molecule has 0 atom stereocenters. The summed E-state index contributed by atoms with van der Waals surface area (Å²) >= 11 is 5.83. The number of nitrogens with zero attached hydrogens (tertiary/aromatic N) is 1. The molecule has 0 unspecified atom stereocenters. The molecular formula is C20H22ClN3O4. The van der Waals surface area contributed by atoms with E-state index >= 15 is 0 Å². The molecule has 0 aliphatic carbocycles. The highest BCUT2D eigenvalue weighted by Crippen LogP contribution is 2.27. The van der Waals surface area contributed by atoms with Crippen molar-refractivity contribution < 1.29 is 19.1 Å². The van der Waals surface area contributed by atoms with Crippen molar-refractivity contribution in [3.8, 4) is 11.5 Å². The summed E-state index contributed by atoms with van der Waals surface area (Å²) in [5.74, 6) is 0.354. The van der Waals surface area contributed by atoms with E-state index in [-0.39, 0.29) is 12.3 Å².